The number of halogens is 1. The van der Waals surface area contributed by atoms with E-state index in [4.69, 9.17) is 0 Å². The molecule has 1 saturated heterocycles. The van der Waals surface area contributed by atoms with Crippen molar-refractivity contribution in [2.75, 3.05) is 13.1 Å². The fourth-order valence-corrected chi connectivity index (χ4v) is 1.81. The number of carbonyl (C=O) groups is 1. The topological polar surface area (TPSA) is 20.3 Å². The van der Waals surface area contributed by atoms with Crippen LogP contribution in [0.2, 0.25) is 0 Å². The molecule has 0 unspecified atom stereocenters. The van der Waals surface area contributed by atoms with Gasteiger partial charge in [0.1, 0.15) is 5.78 Å². The van der Waals surface area contributed by atoms with Crippen LogP contribution in [-0.2, 0) is 4.79 Å². The van der Waals surface area contributed by atoms with Gasteiger partial charge in [-0.05, 0) is 19.8 Å². The van der Waals surface area contributed by atoms with Crippen molar-refractivity contribution in [1.29, 1.82) is 0 Å². The number of piperidine rings is 1. The van der Waals surface area contributed by atoms with E-state index in [9.17, 15) is 4.79 Å². The number of ketones is 1. The Bertz CT molecular complexity index is 130. The Morgan fingerprint density at radius 1 is 1.50 bits per heavy atom. The molecule has 0 aromatic heterocycles. The van der Waals surface area contributed by atoms with E-state index >= 15 is 0 Å². The number of carbonyl (C=O) groups excluding carboxylic acids is 1. The minimum Gasteiger partial charge on any atom is -0.300 e. The second-order valence-corrected chi connectivity index (χ2v) is 4.16. The summed E-state index contributed by atoms with van der Waals surface area (Å²) in [6.07, 6.45) is 2.11. The molecule has 1 rings (SSSR count). The molecule has 0 atom stereocenters. The highest BCUT2D eigenvalue weighted by Crippen LogP contribution is 2.19. The summed E-state index contributed by atoms with van der Waals surface area (Å²) in [5, 5.41) is 0. The standard InChI is InChI=1S/C7H12INO/c1-6(10)7-2-4-9(8)5-3-7/h7H,2-5H2,1H3. The predicted octanol–water partition coefficient (Wildman–Crippen LogP) is 1.64. The Morgan fingerprint density at radius 2 is 2.00 bits per heavy atom. The minimum atomic E-state index is 0.353. The first-order chi connectivity index (χ1) is 4.70. The van der Waals surface area contributed by atoms with E-state index in [0.717, 1.165) is 25.9 Å². The van der Waals surface area contributed by atoms with Crippen LogP contribution < -0.4 is 0 Å². The number of hydrogen-bond donors (Lipinski definition) is 0. The van der Waals surface area contributed by atoms with E-state index in [-0.39, 0.29) is 0 Å². The van der Waals surface area contributed by atoms with E-state index in [0.29, 0.717) is 11.7 Å². The highest BCUT2D eigenvalue weighted by atomic mass is 127. The van der Waals surface area contributed by atoms with Crippen LogP contribution in [0.25, 0.3) is 0 Å². The first-order valence-corrected chi connectivity index (χ1v) is 4.58. The van der Waals surface area contributed by atoms with E-state index in [1.54, 1.807) is 6.92 Å². The zero-order valence-electron chi connectivity index (χ0n) is 6.14. The number of nitrogens with zero attached hydrogens (tertiary/aromatic N) is 1. The van der Waals surface area contributed by atoms with Gasteiger partial charge >= 0.3 is 0 Å². The lowest BCUT2D eigenvalue weighted by molar-refractivity contribution is -0.121. The third-order valence-electron chi connectivity index (χ3n) is 2.02. The summed E-state index contributed by atoms with van der Waals surface area (Å²) in [5.74, 6) is 0.718. The first kappa shape index (κ1) is 8.46. The van der Waals surface area contributed by atoms with Crippen molar-refractivity contribution in [3.8, 4) is 0 Å². The maximum atomic E-state index is 10.9. The van der Waals surface area contributed by atoms with Gasteiger partial charge in [-0.15, -0.1) is 0 Å². The normalized spacial score (nSPS) is 23.0. The largest absolute Gasteiger partial charge is 0.300 e. The van der Waals surface area contributed by atoms with E-state index < -0.39 is 0 Å². The second kappa shape index (κ2) is 3.67. The summed E-state index contributed by atoms with van der Waals surface area (Å²) in [6.45, 7) is 3.85. The van der Waals surface area contributed by atoms with Crippen molar-refractivity contribution in [3.63, 3.8) is 0 Å². The van der Waals surface area contributed by atoms with Crippen molar-refractivity contribution in [1.82, 2.24) is 3.11 Å². The van der Waals surface area contributed by atoms with Crippen LogP contribution in [0.1, 0.15) is 19.8 Å². The quantitative estimate of drug-likeness (QED) is 0.523. The molecule has 0 aromatic rings. The number of rotatable bonds is 1. The molecule has 58 valence electrons. The molecule has 3 heteroatoms. The zero-order chi connectivity index (χ0) is 7.56. The lowest BCUT2D eigenvalue weighted by atomic mass is 9.95. The van der Waals surface area contributed by atoms with Crippen LogP contribution in [0, 0.1) is 5.92 Å². The monoisotopic (exact) mass is 253 g/mol. The van der Waals surface area contributed by atoms with Gasteiger partial charge in [0, 0.05) is 41.9 Å². The fourth-order valence-electron chi connectivity index (χ4n) is 1.25. The maximum absolute atomic E-state index is 10.9. The Kier molecular flexibility index (Phi) is 3.10. The van der Waals surface area contributed by atoms with Gasteiger partial charge in [-0.25, -0.2) is 3.11 Å². The smallest absolute Gasteiger partial charge is 0.133 e. The lowest BCUT2D eigenvalue weighted by Crippen LogP contribution is -2.29. The number of hydrogen-bond acceptors (Lipinski definition) is 2. The predicted molar refractivity (Wildman–Crippen MR) is 49.0 cm³/mol. The van der Waals surface area contributed by atoms with Gasteiger partial charge in [-0.3, -0.25) is 4.79 Å². The van der Waals surface area contributed by atoms with Gasteiger partial charge in [0.15, 0.2) is 0 Å². The fraction of sp³-hybridized carbons (Fsp3) is 0.857. The number of Topliss-reactive ketones (excluding diaryl/α,β-unsaturated/α-hetero) is 1. The highest BCUT2D eigenvalue weighted by Gasteiger charge is 2.20. The SMILES string of the molecule is CC(=O)C1CCN(I)CC1. The zero-order valence-corrected chi connectivity index (χ0v) is 8.30. The summed E-state index contributed by atoms with van der Waals surface area (Å²) in [6, 6.07) is 0. The molecule has 0 aliphatic carbocycles. The molecule has 0 N–H and O–H groups in total. The maximum Gasteiger partial charge on any atom is 0.133 e. The summed E-state index contributed by atoms with van der Waals surface area (Å²) >= 11 is 2.31. The van der Waals surface area contributed by atoms with E-state index in [1.807, 2.05) is 0 Å². The molecule has 1 aliphatic heterocycles. The Balaban J connectivity index is 2.33. The van der Waals surface area contributed by atoms with E-state index in [1.165, 1.54) is 0 Å². The molecule has 0 aromatic carbocycles. The summed E-state index contributed by atoms with van der Waals surface area (Å²) in [7, 11) is 0. The average Bonchev–Trinajstić information content (AvgIpc) is 1.88. The molecule has 10 heavy (non-hydrogen) atoms. The van der Waals surface area contributed by atoms with Gasteiger partial charge in [0.2, 0.25) is 0 Å². The average molecular weight is 253 g/mol. The molecule has 0 radical (unpaired) electrons. The molecule has 0 bridgehead atoms. The Labute approximate surface area is 75.5 Å². The molecule has 2 nitrogen and oxygen atoms in total. The third kappa shape index (κ3) is 2.20. The second-order valence-electron chi connectivity index (χ2n) is 2.79. The van der Waals surface area contributed by atoms with Crippen LogP contribution in [0.4, 0.5) is 0 Å². The first-order valence-electron chi connectivity index (χ1n) is 3.61. The van der Waals surface area contributed by atoms with Gasteiger partial charge < -0.3 is 0 Å². The molecule has 0 spiro atoms. The van der Waals surface area contributed by atoms with Crippen molar-refractivity contribution >= 4 is 28.6 Å². The van der Waals surface area contributed by atoms with Gasteiger partial charge in [0.25, 0.3) is 0 Å². The van der Waals surface area contributed by atoms with Crippen LogP contribution in [-0.4, -0.2) is 22.0 Å². The summed E-state index contributed by atoms with van der Waals surface area (Å²) in [4.78, 5) is 10.9. The molecule has 1 heterocycles. The van der Waals surface area contributed by atoms with Crippen LogP contribution in [0.3, 0.4) is 0 Å². The third-order valence-corrected chi connectivity index (χ3v) is 2.98. The van der Waals surface area contributed by atoms with Crippen LogP contribution in [0.15, 0.2) is 0 Å². The molecular formula is C7H12INO. The molecule has 0 saturated carbocycles. The summed E-state index contributed by atoms with van der Waals surface area (Å²) in [5.41, 5.74) is 0. The molecular weight excluding hydrogens is 241 g/mol. The van der Waals surface area contributed by atoms with Crippen molar-refractivity contribution in [2.45, 2.75) is 19.8 Å². The molecule has 1 aliphatic rings. The van der Waals surface area contributed by atoms with Crippen molar-refractivity contribution < 1.29 is 4.79 Å². The van der Waals surface area contributed by atoms with Gasteiger partial charge in [-0.2, -0.15) is 0 Å². The minimum absolute atomic E-state index is 0.353. The van der Waals surface area contributed by atoms with Crippen LogP contribution >= 0.6 is 22.9 Å². The highest BCUT2D eigenvalue weighted by molar-refractivity contribution is 14.1. The Morgan fingerprint density at radius 3 is 2.40 bits per heavy atom. The van der Waals surface area contributed by atoms with Gasteiger partial charge in [-0.1, -0.05) is 0 Å². The van der Waals surface area contributed by atoms with Crippen molar-refractivity contribution in [2.24, 2.45) is 5.92 Å². The van der Waals surface area contributed by atoms with E-state index in [2.05, 4.69) is 26.0 Å². The summed E-state index contributed by atoms with van der Waals surface area (Å²) < 4.78 is 2.25. The van der Waals surface area contributed by atoms with Gasteiger partial charge in [0.05, 0.1) is 0 Å². The van der Waals surface area contributed by atoms with Crippen LogP contribution in [0.5, 0.6) is 0 Å². The molecule has 0 amide bonds. The Hall–Kier alpha value is 0.360. The lowest BCUT2D eigenvalue weighted by Gasteiger charge is -2.25. The molecule has 1 fully saturated rings. The van der Waals surface area contributed by atoms with Crippen molar-refractivity contribution in [3.05, 3.63) is 0 Å².